The number of benzene rings is 9. The van der Waals surface area contributed by atoms with Crippen molar-refractivity contribution in [1.29, 1.82) is 0 Å². The van der Waals surface area contributed by atoms with Gasteiger partial charge >= 0.3 is 23.7 Å². The number of alkyl halides is 12. The van der Waals surface area contributed by atoms with Crippen LogP contribution in [0.15, 0.2) is 258 Å². The number of anilines is 2. The van der Waals surface area contributed by atoms with E-state index in [4.69, 9.17) is 4.74 Å². The largest absolute Gasteiger partial charge is 0.573 e. The molecule has 19 nitrogen and oxygen atoms in total. The van der Waals surface area contributed by atoms with Gasteiger partial charge in [-0.05, 0) is 234 Å². The van der Waals surface area contributed by atoms with Crippen molar-refractivity contribution in [2.45, 2.75) is 98.9 Å². The molecule has 9 rings (SSSR count). The number of thioether (sulfide) groups is 3. The monoisotopic (exact) mass is 2030 g/mol. The number of rotatable bonds is 33. The number of methoxy groups -OCH3 is 1. The number of thiol groups is 7. The molecule has 9 aromatic carbocycles. The number of isothiocyanates is 2. The number of aliphatic imine (C=N–C) groups is 2. The molecule has 8 N–H and O–H groups in total. The average molecular weight is 2040 g/mol. The van der Waals surface area contributed by atoms with Gasteiger partial charge in [-0.2, -0.15) is 115 Å². The maximum Gasteiger partial charge on any atom is 0.573 e. The van der Waals surface area contributed by atoms with Crippen molar-refractivity contribution < 1.29 is 92.1 Å². The molecule has 0 unspecified atom stereocenters. The molecule has 0 bridgehead atoms. The van der Waals surface area contributed by atoms with Gasteiger partial charge in [-0.1, -0.05) is 84.9 Å². The second-order valence-electron chi connectivity index (χ2n) is 23.8. The number of sulfone groups is 2. The fourth-order valence-electron chi connectivity index (χ4n) is 8.80. The van der Waals surface area contributed by atoms with Crippen LogP contribution in [-0.4, -0.2) is 133 Å². The van der Waals surface area contributed by atoms with Crippen LogP contribution in [0.2, 0.25) is 0 Å². The van der Waals surface area contributed by atoms with Crippen molar-refractivity contribution in [3.63, 3.8) is 0 Å². The van der Waals surface area contributed by atoms with Crippen LogP contribution in [0.4, 0.5) is 64.1 Å². The summed E-state index contributed by atoms with van der Waals surface area (Å²) in [5.74, 6) is 4.20. The Labute approximate surface area is 784 Å². The van der Waals surface area contributed by atoms with Gasteiger partial charge in [0.15, 0.2) is 19.7 Å². The lowest BCUT2D eigenvalue weighted by molar-refractivity contribution is -0.275. The molecule has 0 aliphatic rings. The standard InChI is InChI=1S/2C9H10F3NOS.2C9H10F3NS2.C9H9NO2S2.C9H9NOS.C9H13NS2.C8H12N2O2S2.C8H11NO2S2/c10-9(11,12)14-8-3-1-7(2-4-8)5-13-6-15;10-9(11,12)14-8-3-1-2-7(4-8)5-13-6-15;10-9(11,12)15-8-3-1-7(2-4-8)5-13-6-14;10-9(11,12)15-8-3-1-2-7(4-8)5-13-6-14;1-14(11,12)9-4-2-8(3-5-9)6-10-7-13;1-11-9-4-2-3-8(5-9)6-10-7-12;1-12-9-4-2-8(3-5-9)6-10-7-11;1-9-14(11,12)8-4-2-7(3-5-8)10-6-13;1-13(10,11)8-4-2-7(3-5-8)9-6-12/h2*1-4,13,15H,5-6H2;2*1-4,13-14H,5-6H2;2-5H,6H2,1H3;2-5H,6H2,1H3;2-5,10-11H,6-7H2,1H3;2-5,9-10,13H,6H2,1H3;2-5,9,12H,6H2,1H3. The fourth-order valence-corrected chi connectivity index (χ4v) is 13.4. The molecular weight excluding hydrogens is 1940 g/mol. The lowest BCUT2D eigenvalue weighted by atomic mass is 10.2. The number of ether oxygens (including phenoxy) is 3. The summed E-state index contributed by atoms with van der Waals surface area (Å²) in [7, 11) is -6.49. The molecule has 0 saturated heterocycles. The maximum atomic E-state index is 12.1. The highest BCUT2D eigenvalue weighted by Crippen LogP contribution is 2.38. The average Bonchev–Trinajstić information content (AvgIpc) is 0.642. The van der Waals surface area contributed by atoms with Crippen LogP contribution in [0.3, 0.4) is 0 Å². The SMILES string of the molecule is CNS(=O)(=O)c1ccc(NCS)cc1.COc1cccc(CN=C=S)c1.CS(=O)(=O)c1ccc(CN=C=S)cc1.CS(=O)(=O)c1ccc(NCS)cc1.CSc1ccc(CNCS)cc1.FC(F)(F)Oc1ccc(CNCS)cc1.FC(F)(F)Oc1cccc(CNCS)c1.FC(F)(F)Sc1ccc(CNCS)cc1.FC(F)(F)Sc1cccc(CNCS)c1. The van der Waals surface area contributed by atoms with E-state index in [1.165, 1.54) is 96.7 Å². The van der Waals surface area contributed by atoms with E-state index in [2.05, 4.69) is 215 Å². The van der Waals surface area contributed by atoms with Gasteiger partial charge in [0.1, 0.15) is 17.2 Å². The van der Waals surface area contributed by atoms with E-state index in [-0.39, 0.29) is 49.7 Å². The van der Waals surface area contributed by atoms with Gasteiger partial charge in [-0.3, -0.25) is 0 Å². The molecule has 0 saturated carbocycles. The van der Waals surface area contributed by atoms with Gasteiger partial charge in [-0.25, -0.2) is 40.0 Å². The predicted octanol–water partition coefficient (Wildman–Crippen LogP) is 20.3. The van der Waals surface area contributed by atoms with Crippen LogP contribution in [0.1, 0.15) is 38.9 Å². The van der Waals surface area contributed by atoms with E-state index >= 15 is 0 Å². The fraction of sp³-hybridized carbons (Fsp3) is 0.291. The number of hydrogen-bond donors (Lipinski definition) is 15. The van der Waals surface area contributed by atoms with Crippen molar-refractivity contribution in [2.24, 2.45) is 9.98 Å². The Morgan fingerprint density at radius 3 is 1.07 bits per heavy atom. The Morgan fingerprint density at radius 1 is 0.376 bits per heavy atom. The molecule has 0 amide bonds. The molecule has 0 fully saturated rings. The normalized spacial score (nSPS) is 11.0. The minimum Gasteiger partial charge on any atom is -0.497 e. The van der Waals surface area contributed by atoms with E-state index in [1.807, 2.05) is 24.3 Å². The smallest absolute Gasteiger partial charge is 0.497 e. The summed E-state index contributed by atoms with van der Waals surface area (Å²) in [6.07, 6.45) is -4.83. The van der Waals surface area contributed by atoms with Gasteiger partial charge in [0, 0.05) is 101 Å². The van der Waals surface area contributed by atoms with Gasteiger partial charge in [-0.15, -0.1) is 38.1 Å². The molecule has 0 atom stereocenters. The number of halogens is 12. The molecule has 46 heteroatoms. The first-order valence-corrected chi connectivity index (χ1v) is 48.9. The van der Waals surface area contributed by atoms with Crippen LogP contribution in [0.25, 0.3) is 0 Å². The van der Waals surface area contributed by atoms with E-state index in [0.717, 1.165) is 57.4 Å². The van der Waals surface area contributed by atoms with Crippen molar-refractivity contribution in [2.75, 3.05) is 84.7 Å². The van der Waals surface area contributed by atoms with Crippen molar-refractivity contribution in [1.82, 2.24) is 31.3 Å². The van der Waals surface area contributed by atoms with Gasteiger partial charge in [0.25, 0.3) is 0 Å². The highest BCUT2D eigenvalue weighted by molar-refractivity contribution is 8.00. The molecule has 0 radical (unpaired) electrons. The Balaban J connectivity index is 0.000000704. The summed E-state index contributed by atoms with van der Waals surface area (Å²) >= 11 is 38.3. The summed E-state index contributed by atoms with van der Waals surface area (Å²) in [6.45, 7) is 4.07. The zero-order valence-corrected chi connectivity index (χ0v) is 80.0. The summed E-state index contributed by atoms with van der Waals surface area (Å²) in [4.78, 5) is 10.2. The number of nitrogens with one attached hydrogen (secondary N) is 8. The number of nitrogens with zero attached hydrogens (tertiary/aromatic N) is 2. The Bertz CT molecular complexity index is 4800. The third kappa shape index (κ3) is 59.6. The van der Waals surface area contributed by atoms with Crippen LogP contribution in [-0.2, 0) is 75.5 Å². The molecule has 125 heavy (non-hydrogen) atoms. The minimum atomic E-state index is -4.64. The van der Waals surface area contributed by atoms with E-state index < -0.39 is 53.4 Å². The second-order valence-corrected chi connectivity index (χ2v) is 35.5. The number of thiocarbonyl (C=S) groups is 2. The van der Waals surface area contributed by atoms with E-state index in [1.54, 1.807) is 122 Å². The molecule has 9 aromatic rings. The van der Waals surface area contributed by atoms with Gasteiger partial charge in [0.05, 0.1) is 57.0 Å². The third-order valence-corrected chi connectivity index (χ3v) is 21.9. The first-order valence-electron chi connectivity index (χ1n) is 35.6. The lowest BCUT2D eigenvalue weighted by Gasteiger charge is -2.10. The van der Waals surface area contributed by atoms with Gasteiger partial charge in [0.2, 0.25) is 10.0 Å². The zero-order valence-electron chi connectivity index (χ0n) is 67.2. The van der Waals surface area contributed by atoms with Gasteiger partial charge < -0.3 is 51.4 Å². The maximum absolute atomic E-state index is 12.1. The first kappa shape index (κ1) is 117. The highest BCUT2D eigenvalue weighted by Gasteiger charge is 2.33. The quantitative estimate of drug-likeness (QED) is 0.00456. The molecule has 0 heterocycles. The Hall–Kier alpha value is -6.15. The summed E-state index contributed by atoms with van der Waals surface area (Å²) < 4.78 is 225. The molecule has 0 aliphatic heterocycles. The number of sulfonamides is 1. The van der Waals surface area contributed by atoms with Crippen molar-refractivity contribution in [3.05, 3.63) is 257 Å². The predicted molar refractivity (Wildman–Crippen MR) is 512 cm³/mol. The Kier molecular flexibility index (Phi) is 60.4. The summed E-state index contributed by atoms with van der Waals surface area (Å²) in [5.41, 5.74) is -0.0977. The van der Waals surface area contributed by atoms with Crippen molar-refractivity contribution >= 4 is 200 Å². The van der Waals surface area contributed by atoms with E-state index in [9.17, 15) is 77.9 Å². The first-order chi connectivity index (χ1) is 58.9. The summed E-state index contributed by atoms with van der Waals surface area (Å²) in [5, 5.41) is 25.4. The lowest BCUT2D eigenvalue weighted by Crippen LogP contribution is -2.18. The number of hydrogen-bond acceptors (Lipinski definition) is 30. The third-order valence-electron chi connectivity index (χ3n) is 14.4. The molecule has 688 valence electrons. The van der Waals surface area contributed by atoms with Crippen LogP contribution in [0, 0.1) is 0 Å². The van der Waals surface area contributed by atoms with Crippen molar-refractivity contribution in [3.8, 4) is 17.2 Å². The minimum absolute atomic E-state index is 0.0985. The molecule has 0 aliphatic carbocycles. The van der Waals surface area contributed by atoms with E-state index in [0.29, 0.717) is 89.9 Å². The summed E-state index contributed by atoms with van der Waals surface area (Å²) in [6, 6.07) is 60.0. The highest BCUT2D eigenvalue weighted by atomic mass is 32.2. The van der Waals surface area contributed by atoms with Crippen LogP contribution in [0.5, 0.6) is 17.2 Å². The molecule has 0 aromatic heterocycles. The topological polar surface area (TPSA) is 251 Å². The molecule has 0 spiro atoms. The van der Waals surface area contributed by atoms with Crippen LogP contribution >= 0.6 is 148 Å². The van der Waals surface area contributed by atoms with Crippen LogP contribution < -0.4 is 56.2 Å². The Morgan fingerprint density at radius 2 is 0.704 bits per heavy atom. The zero-order chi connectivity index (χ0) is 94.0. The second kappa shape index (κ2) is 64.6. The molecular formula is C79H94F12N10O9S15.